The minimum atomic E-state index is -0.458. The third-order valence-electron chi connectivity index (χ3n) is 7.03. The zero-order valence-corrected chi connectivity index (χ0v) is 22.4. The van der Waals surface area contributed by atoms with Crippen molar-refractivity contribution in [3.63, 3.8) is 0 Å². The Bertz CT molecular complexity index is 1650. The van der Waals surface area contributed by atoms with E-state index in [1.54, 1.807) is 24.1 Å². The largest absolute Gasteiger partial charge is 0.507 e. The zero-order valence-electron chi connectivity index (χ0n) is 21.7. The number of fused-ring (bicyclic) bond motifs is 1. The van der Waals surface area contributed by atoms with Gasteiger partial charge in [0.2, 0.25) is 0 Å². The molecule has 7 nitrogen and oxygen atoms in total. The molecule has 4 aromatic carbocycles. The molecule has 40 heavy (non-hydrogen) atoms. The van der Waals surface area contributed by atoms with Gasteiger partial charge in [0.1, 0.15) is 35.2 Å². The zero-order chi connectivity index (χ0) is 27.6. The SMILES string of the molecule is COc1ccc(CN2C(=O)c3[nH]nc(-c4cc(Cl)ccc4O)c3C2c2ccc(OCc3ccccc3)cc2)cc1. The Morgan fingerprint density at radius 2 is 1.65 bits per heavy atom. The van der Waals surface area contributed by atoms with Gasteiger partial charge in [0.05, 0.1) is 13.2 Å². The van der Waals surface area contributed by atoms with Crippen LogP contribution in [0.25, 0.3) is 11.3 Å². The van der Waals surface area contributed by atoms with Crippen LogP contribution < -0.4 is 9.47 Å². The molecule has 0 bridgehead atoms. The maximum Gasteiger partial charge on any atom is 0.273 e. The third kappa shape index (κ3) is 4.87. The van der Waals surface area contributed by atoms with Crippen molar-refractivity contribution >= 4 is 17.5 Å². The van der Waals surface area contributed by atoms with E-state index >= 15 is 0 Å². The molecule has 0 spiro atoms. The van der Waals surface area contributed by atoms with E-state index in [1.165, 1.54) is 6.07 Å². The average molecular weight is 552 g/mol. The van der Waals surface area contributed by atoms with Gasteiger partial charge in [-0.2, -0.15) is 5.10 Å². The van der Waals surface area contributed by atoms with Crippen LogP contribution in [0.3, 0.4) is 0 Å². The summed E-state index contributed by atoms with van der Waals surface area (Å²) in [6.07, 6.45) is 0. The highest BCUT2D eigenvalue weighted by Crippen LogP contribution is 2.45. The number of phenolic OH excluding ortho intramolecular Hbond substituents is 1. The van der Waals surface area contributed by atoms with Crippen LogP contribution in [0, 0.1) is 0 Å². The van der Waals surface area contributed by atoms with E-state index in [2.05, 4.69) is 10.2 Å². The summed E-state index contributed by atoms with van der Waals surface area (Å²) in [5.74, 6) is 1.31. The molecular formula is C32H26ClN3O4. The van der Waals surface area contributed by atoms with Crippen LogP contribution in [0.1, 0.15) is 38.8 Å². The maximum absolute atomic E-state index is 13.7. The van der Waals surface area contributed by atoms with E-state index in [9.17, 15) is 9.90 Å². The number of benzene rings is 4. The summed E-state index contributed by atoms with van der Waals surface area (Å²) in [5, 5.41) is 18.5. The van der Waals surface area contributed by atoms with Crippen LogP contribution in [0.5, 0.6) is 17.2 Å². The first-order valence-electron chi connectivity index (χ1n) is 12.8. The molecule has 0 aliphatic carbocycles. The number of carbonyl (C=O) groups excluding carboxylic acids is 1. The van der Waals surface area contributed by atoms with E-state index in [1.807, 2.05) is 78.9 Å². The minimum absolute atomic E-state index is 0.0307. The third-order valence-corrected chi connectivity index (χ3v) is 7.27. The monoisotopic (exact) mass is 551 g/mol. The number of phenols is 1. The number of methoxy groups -OCH3 is 1. The summed E-state index contributed by atoms with van der Waals surface area (Å²) in [6, 6.07) is 29.7. The van der Waals surface area contributed by atoms with Crippen molar-refractivity contribution in [1.29, 1.82) is 0 Å². The van der Waals surface area contributed by atoms with Crippen molar-refractivity contribution in [2.45, 2.75) is 19.2 Å². The Labute approximate surface area is 236 Å². The van der Waals surface area contributed by atoms with Crippen molar-refractivity contribution in [2.75, 3.05) is 7.11 Å². The van der Waals surface area contributed by atoms with E-state index in [0.29, 0.717) is 40.7 Å². The summed E-state index contributed by atoms with van der Waals surface area (Å²) in [4.78, 5) is 15.5. The van der Waals surface area contributed by atoms with E-state index in [4.69, 9.17) is 21.1 Å². The summed E-state index contributed by atoms with van der Waals surface area (Å²) >= 11 is 6.27. The number of rotatable bonds is 8. The van der Waals surface area contributed by atoms with Crippen LogP contribution in [-0.4, -0.2) is 33.2 Å². The van der Waals surface area contributed by atoms with Crippen LogP contribution in [0.15, 0.2) is 97.1 Å². The van der Waals surface area contributed by atoms with Crippen molar-refractivity contribution in [3.05, 3.63) is 130 Å². The van der Waals surface area contributed by atoms with Gasteiger partial charge in [-0.05, 0) is 59.2 Å². The van der Waals surface area contributed by atoms with Crippen LogP contribution >= 0.6 is 11.6 Å². The second kappa shape index (κ2) is 10.8. The van der Waals surface area contributed by atoms with Gasteiger partial charge in [0.15, 0.2) is 0 Å². The second-order valence-corrected chi connectivity index (χ2v) is 9.99. The normalized spacial score (nSPS) is 14.3. The molecule has 200 valence electrons. The Kier molecular flexibility index (Phi) is 6.88. The van der Waals surface area contributed by atoms with Crippen molar-refractivity contribution in [1.82, 2.24) is 15.1 Å². The van der Waals surface area contributed by atoms with Gasteiger partial charge in [-0.3, -0.25) is 9.89 Å². The molecule has 1 atom stereocenters. The quantitative estimate of drug-likeness (QED) is 0.222. The number of carbonyl (C=O) groups is 1. The van der Waals surface area contributed by atoms with Gasteiger partial charge in [0.25, 0.3) is 5.91 Å². The molecule has 0 saturated heterocycles. The van der Waals surface area contributed by atoms with Gasteiger partial charge >= 0.3 is 0 Å². The molecule has 1 aliphatic heterocycles. The first-order chi connectivity index (χ1) is 19.5. The van der Waals surface area contributed by atoms with Crippen LogP contribution in [-0.2, 0) is 13.2 Å². The van der Waals surface area contributed by atoms with E-state index in [0.717, 1.165) is 28.2 Å². The topological polar surface area (TPSA) is 87.7 Å². The van der Waals surface area contributed by atoms with Gasteiger partial charge in [-0.1, -0.05) is 66.2 Å². The standard InChI is InChI=1S/C32H26ClN3O4/c1-39-24-12-7-20(8-13-24)18-36-31(22-9-14-25(15-10-22)40-19-21-5-3-2-4-6-21)28-29(34-35-30(28)32(36)38)26-17-23(33)11-16-27(26)37/h2-17,31,37H,18-19H2,1H3,(H,34,35). The molecular weight excluding hydrogens is 526 g/mol. The number of aromatic amines is 1. The lowest BCUT2D eigenvalue weighted by Crippen LogP contribution is -2.29. The lowest BCUT2D eigenvalue weighted by Gasteiger charge is -2.27. The predicted octanol–water partition coefficient (Wildman–Crippen LogP) is 6.77. The van der Waals surface area contributed by atoms with Crippen molar-refractivity contribution in [2.24, 2.45) is 0 Å². The summed E-state index contributed by atoms with van der Waals surface area (Å²) in [6.45, 7) is 0.818. The number of amides is 1. The molecule has 1 aliphatic rings. The fraction of sp³-hybridized carbons (Fsp3) is 0.125. The highest BCUT2D eigenvalue weighted by molar-refractivity contribution is 6.31. The number of aromatic nitrogens is 2. The molecule has 2 heterocycles. The molecule has 1 amide bonds. The Morgan fingerprint density at radius 1 is 0.925 bits per heavy atom. The smallest absolute Gasteiger partial charge is 0.273 e. The van der Waals surface area contributed by atoms with Gasteiger partial charge in [-0.25, -0.2) is 0 Å². The second-order valence-electron chi connectivity index (χ2n) is 9.55. The summed E-state index contributed by atoms with van der Waals surface area (Å²) in [5.41, 5.74) is 4.93. The average Bonchev–Trinajstić information content (AvgIpc) is 3.53. The number of nitrogens with zero attached hydrogens (tertiary/aromatic N) is 2. The Balaban J connectivity index is 1.37. The number of halogens is 1. The Hall–Kier alpha value is -4.75. The summed E-state index contributed by atoms with van der Waals surface area (Å²) < 4.78 is 11.3. The van der Waals surface area contributed by atoms with Crippen LogP contribution in [0.4, 0.5) is 0 Å². The first kappa shape index (κ1) is 25.5. The number of nitrogens with one attached hydrogen (secondary N) is 1. The van der Waals surface area contributed by atoms with Gasteiger partial charge < -0.3 is 19.5 Å². The molecule has 5 aromatic rings. The number of hydrogen-bond acceptors (Lipinski definition) is 5. The highest BCUT2D eigenvalue weighted by Gasteiger charge is 2.42. The molecule has 0 radical (unpaired) electrons. The lowest BCUT2D eigenvalue weighted by molar-refractivity contribution is 0.0730. The lowest BCUT2D eigenvalue weighted by atomic mass is 9.95. The van der Waals surface area contributed by atoms with E-state index < -0.39 is 6.04 Å². The van der Waals surface area contributed by atoms with Gasteiger partial charge in [-0.15, -0.1) is 0 Å². The maximum atomic E-state index is 13.7. The van der Waals surface area contributed by atoms with E-state index in [-0.39, 0.29) is 11.7 Å². The van der Waals surface area contributed by atoms with Crippen LogP contribution in [0.2, 0.25) is 5.02 Å². The number of H-pyrrole nitrogens is 1. The van der Waals surface area contributed by atoms with Gasteiger partial charge in [0, 0.05) is 22.7 Å². The molecule has 2 N–H and O–H groups in total. The fourth-order valence-corrected chi connectivity index (χ4v) is 5.20. The fourth-order valence-electron chi connectivity index (χ4n) is 5.02. The van der Waals surface area contributed by atoms with Crippen molar-refractivity contribution < 1.29 is 19.4 Å². The molecule has 6 rings (SSSR count). The first-order valence-corrected chi connectivity index (χ1v) is 13.2. The Morgan fingerprint density at radius 3 is 2.38 bits per heavy atom. The number of aromatic hydroxyl groups is 1. The molecule has 1 unspecified atom stereocenters. The molecule has 1 aromatic heterocycles. The van der Waals surface area contributed by atoms with Crippen molar-refractivity contribution in [3.8, 4) is 28.5 Å². The molecule has 8 heteroatoms. The number of ether oxygens (including phenoxy) is 2. The number of hydrogen-bond donors (Lipinski definition) is 2. The molecule has 0 saturated carbocycles. The predicted molar refractivity (Wildman–Crippen MR) is 153 cm³/mol. The summed E-state index contributed by atoms with van der Waals surface area (Å²) in [7, 11) is 1.62. The minimum Gasteiger partial charge on any atom is -0.507 e. The molecule has 0 fully saturated rings. The highest BCUT2D eigenvalue weighted by atomic mass is 35.5.